The quantitative estimate of drug-likeness (QED) is 0.217. The topological polar surface area (TPSA) is 133 Å². The number of carbonyl (C=O) groups excluding carboxylic acids is 4. The third-order valence-electron chi connectivity index (χ3n) is 7.34. The number of rotatable bonds is 10. The fraction of sp³-hybridized carbons (Fsp3) is 0.367. The zero-order valence-electron chi connectivity index (χ0n) is 22.7. The van der Waals surface area contributed by atoms with Crippen molar-refractivity contribution < 1.29 is 19.2 Å². The average Bonchev–Trinajstić information content (AvgIpc) is 3.64. The van der Waals surface area contributed by atoms with Crippen LogP contribution in [0.15, 0.2) is 48.5 Å². The Balaban J connectivity index is 1.39. The van der Waals surface area contributed by atoms with E-state index in [1.165, 1.54) is 11.3 Å². The summed E-state index contributed by atoms with van der Waals surface area (Å²) in [5, 5.41) is 9.79. The number of fused-ring (bicyclic) bond motifs is 2. The molecule has 40 heavy (non-hydrogen) atoms. The molecule has 5 rings (SSSR count). The number of Topliss-reactive ketones (excluding diaryl/α,β-unsaturated/α-hetero) is 1. The monoisotopic (exact) mass is 559 g/mol. The number of thiazole rings is 1. The summed E-state index contributed by atoms with van der Waals surface area (Å²) in [5.74, 6) is -1.62. The maximum atomic E-state index is 13.7. The molecule has 3 atom stereocenters. The molecular formula is C30H33N5O4S. The Bertz CT molecular complexity index is 1560. The first-order valence-corrected chi connectivity index (χ1v) is 14.4. The van der Waals surface area contributed by atoms with E-state index in [2.05, 4.69) is 25.9 Å². The largest absolute Gasteiger partial charge is 0.356 e. The van der Waals surface area contributed by atoms with Crippen molar-refractivity contribution in [3.8, 4) is 0 Å². The fourth-order valence-electron chi connectivity index (χ4n) is 5.23. The van der Waals surface area contributed by atoms with Crippen molar-refractivity contribution >= 4 is 56.0 Å². The van der Waals surface area contributed by atoms with Gasteiger partial charge in [-0.25, -0.2) is 4.98 Å². The highest BCUT2D eigenvalue weighted by Crippen LogP contribution is 2.26. The van der Waals surface area contributed by atoms with Gasteiger partial charge in [0.2, 0.25) is 17.6 Å². The van der Waals surface area contributed by atoms with Gasteiger partial charge in [-0.05, 0) is 55.9 Å². The molecule has 1 saturated heterocycles. The van der Waals surface area contributed by atoms with Gasteiger partial charge in [-0.3, -0.25) is 19.2 Å². The van der Waals surface area contributed by atoms with E-state index >= 15 is 0 Å². The van der Waals surface area contributed by atoms with Crippen LogP contribution < -0.4 is 16.0 Å². The lowest BCUT2D eigenvalue weighted by molar-refractivity contribution is -0.125. The Kier molecular flexibility index (Phi) is 7.97. The molecule has 2 aromatic carbocycles. The number of benzene rings is 2. The van der Waals surface area contributed by atoms with Crippen LogP contribution in [0.2, 0.25) is 0 Å². The van der Waals surface area contributed by atoms with Crippen molar-refractivity contribution in [3.05, 3.63) is 64.8 Å². The lowest BCUT2D eigenvalue weighted by Gasteiger charge is -2.24. The van der Waals surface area contributed by atoms with Crippen LogP contribution in [-0.4, -0.2) is 52.1 Å². The molecule has 3 heterocycles. The molecule has 208 valence electrons. The fourth-order valence-corrected chi connectivity index (χ4v) is 6.19. The molecule has 3 amide bonds. The van der Waals surface area contributed by atoms with Crippen molar-refractivity contribution in [2.75, 3.05) is 6.54 Å². The molecule has 4 N–H and O–H groups in total. The van der Waals surface area contributed by atoms with Gasteiger partial charge in [0.05, 0.1) is 16.3 Å². The number of carbonyl (C=O) groups is 4. The molecule has 0 aliphatic carbocycles. The lowest BCUT2D eigenvalue weighted by atomic mass is 9.95. The number of nitrogens with zero attached hydrogens (tertiary/aromatic N) is 1. The Labute approximate surface area is 236 Å². The second-order valence-corrected chi connectivity index (χ2v) is 11.8. The number of amides is 3. The average molecular weight is 560 g/mol. The number of ketones is 1. The highest BCUT2D eigenvalue weighted by atomic mass is 32.1. The van der Waals surface area contributed by atoms with Crippen molar-refractivity contribution in [2.24, 2.45) is 11.8 Å². The van der Waals surface area contributed by atoms with Crippen LogP contribution in [0.4, 0.5) is 0 Å². The molecule has 0 saturated carbocycles. The van der Waals surface area contributed by atoms with Gasteiger partial charge in [0.15, 0.2) is 5.01 Å². The Morgan fingerprint density at radius 2 is 1.80 bits per heavy atom. The van der Waals surface area contributed by atoms with E-state index < -0.39 is 29.8 Å². The third-order valence-corrected chi connectivity index (χ3v) is 8.39. The Hall–Kier alpha value is -4.05. The predicted molar refractivity (Wildman–Crippen MR) is 155 cm³/mol. The highest BCUT2D eigenvalue weighted by molar-refractivity contribution is 7.20. The van der Waals surface area contributed by atoms with E-state index in [1.807, 2.05) is 69.3 Å². The number of hydrogen-bond donors (Lipinski definition) is 4. The molecule has 1 aliphatic heterocycles. The van der Waals surface area contributed by atoms with Crippen LogP contribution in [0.25, 0.3) is 21.1 Å². The molecule has 9 nitrogen and oxygen atoms in total. The van der Waals surface area contributed by atoms with Crippen LogP contribution in [0.3, 0.4) is 0 Å². The highest BCUT2D eigenvalue weighted by Gasteiger charge is 2.35. The van der Waals surface area contributed by atoms with E-state index in [4.69, 9.17) is 0 Å². The van der Waals surface area contributed by atoms with E-state index in [0.29, 0.717) is 30.6 Å². The maximum Gasteiger partial charge on any atom is 0.268 e. The van der Waals surface area contributed by atoms with Crippen molar-refractivity contribution in [2.45, 2.75) is 52.1 Å². The van der Waals surface area contributed by atoms with Crippen LogP contribution >= 0.6 is 11.3 Å². The Morgan fingerprint density at radius 1 is 1.05 bits per heavy atom. The lowest BCUT2D eigenvalue weighted by Crippen LogP contribution is -2.52. The summed E-state index contributed by atoms with van der Waals surface area (Å²) in [6.07, 6.45) is 1.13. The molecule has 2 aromatic heterocycles. The molecule has 1 unspecified atom stereocenters. The summed E-state index contributed by atoms with van der Waals surface area (Å²) in [6, 6.07) is 13.3. The standard InChI is InChI=1S/C30H33N5O4S/c1-16(2)14-23(34-29(39)25-17(3)19-8-4-5-9-20(19)32-25)28(38)33-22(15-18-12-13-31-27(18)37)26(36)30-35-21-10-6-7-11-24(21)40-30/h4-11,16,18,22-23,32H,12-15H2,1-3H3,(H,31,37)(H,33,38)(H,34,39)/t18?,22-,23-/m0/s1. The van der Waals surface area contributed by atoms with Gasteiger partial charge in [0.25, 0.3) is 5.91 Å². The van der Waals surface area contributed by atoms with Crippen LogP contribution in [0, 0.1) is 18.8 Å². The first-order valence-electron chi connectivity index (χ1n) is 13.6. The predicted octanol–water partition coefficient (Wildman–Crippen LogP) is 4.12. The summed E-state index contributed by atoms with van der Waals surface area (Å²) < 4.78 is 0.869. The number of aryl methyl sites for hydroxylation is 1. The van der Waals surface area contributed by atoms with Gasteiger partial charge >= 0.3 is 0 Å². The normalized spacial score (nSPS) is 16.7. The zero-order chi connectivity index (χ0) is 28.4. The number of aromatic nitrogens is 2. The smallest absolute Gasteiger partial charge is 0.268 e. The number of H-pyrrole nitrogens is 1. The molecule has 4 aromatic rings. The zero-order valence-corrected chi connectivity index (χ0v) is 23.6. The molecule has 10 heteroatoms. The van der Waals surface area contributed by atoms with E-state index in [1.54, 1.807) is 0 Å². The maximum absolute atomic E-state index is 13.7. The SMILES string of the molecule is Cc1c(C(=O)N[C@@H](CC(C)C)C(=O)N[C@@H](CC2CCNC2=O)C(=O)c2nc3ccccc3s2)[nH]c2ccccc12. The molecule has 0 bridgehead atoms. The summed E-state index contributed by atoms with van der Waals surface area (Å²) in [4.78, 5) is 60.7. The molecule has 1 fully saturated rings. The van der Waals surface area contributed by atoms with Crippen molar-refractivity contribution in [3.63, 3.8) is 0 Å². The van der Waals surface area contributed by atoms with Gasteiger partial charge in [0, 0.05) is 23.4 Å². The molecule has 0 spiro atoms. The summed E-state index contributed by atoms with van der Waals surface area (Å²) in [6.45, 7) is 6.33. The Morgan fingerprint density at radius 3 is 2.50 bits per heavy atom. The summed E-state index contributed by atoms with van der Waals surface area (Å²) in [5.41, 5.74) is 2.74. The number of para-hydroxylation sites is 2. The van der Waals surface area contributed by atoms with E-state index in [0.717, 1.165) is 21.2 Å². The van der Waals surface area contributed by atoms with Crippen LogP contribution in [-0.2, 0) is 9.59 Å². The summed E-state index contributed by atoms with van der Waals surface area (Å²) >= 11 is 1.26. The van der Waals surface area contributed by atoms with Gasteiger partial charge in [0.1, 0.15) is 11.7 Å². The molecular weight excluding hydrogens is 526 g/mol. The second-order valence-electron chi connectivity index (χ2n) is 10.8. The van der Waals surface area contributed by atoms with Crippen LogP contribution in [0.5, 0.6) is 0 Å². The first kappa shape index (κ1) is 27.5. The summed E-state index contributed by atoms with van der Waals surface area (Å²) in [7, 11) is 0. The van der Waals surface area contributed by atoms with Crippen molar-refractivity contribution in [1.82, 2.24) is 25.9 Å². The van der Waals surface area contributed by atoms with Crippen LogP contribution in [0.1, 0.15) is 59.0 Å². The minimum Gasteiger partial charge on any atom is -0.356 e. The van der Waals surface area contributed by atoms with Gasteiger partial charge < -0.3 is 20.9 Å². The third kappa shape index (κ3) is 5.77. The van der Waals surface area contributed by atoms with Crippen molar-refractivity contribution in [1.29, 1.82) is 0 Å². The molecule has 1 aliphatic rings. The number of aromatic amines is 1. The van der Waals surface area contributed by atoms with Gasteiger partial charge in [-0.2, -0.15) is 0 Å². The van der Waals surface area contributed by atoms with E-state index in [9.17, 15) is 19.2 Å². The number of hydrogen-bond acceptors (Lipinski definition) is 6. The van der Waals surface area contributed by atoms with Gasteiger partial charge in [-0.15, -0.1) is 11.3 Å². The van der Waals surface area contributed by atoms with Gasteiger partial charge in [-0.1, -0.05) is 44.2 Å². The minimum absolute atomic E-state index is 0.0962. The number of nitrogens with one attached hydrogen (secondary N) is 4. The second kappa shape index (κ2) is 11.6. The minimum atomic E-state index is -0.955. The first-order chi connectivity index (χ1) is 19.2. The molecule has 0 radical (unpaired) electrons. The van der Waals surface area contributed by atoms with E-state index in [-0.39, 0.29) is 29.0 Å².